The van der Waals surface area contributed by atoms with Gasteiger partial charge in [-0.2, -0.15) is 0 Å². The van der Waals surface area contributed by atoms with Crippen LogP contribution in [-0.4, -0.2) is 32.7 Å². The lowest BCUT2D eigenvalue weighted by Gasteiger charge is -2.14. The van der Waals surface area contributed by atoms with Gasteiger partial charge in [0.2, 0.25) is 5.95 Å². The summed E-state index contributed by atoms with van der Waals surface area (Å²) in [5, 5.41) is 2.66. The Kier molecular flexibility index (Phi) is 7.70. The minimum Gasteiger partial charge on any atom is -0.322 e. The van der Waals surface area contributed by atoms with Crippen LogP contribution < -0.4 is 14.8 Å². The second-order valence-corrected chi connectivity index (χ2v) is 12.3. The molecule has 4 rings (SSSR count). The number of aryl methyl sites for hydroxylation is 4. The van der Waals surface area contributed by atoms with Crippen molar-refractivity contribution >= 4 is 43.3 Å². The van der Waals surface area contributed by atoms with Crippen LogP contribution in [0.3, 0.4) is 0 Å². The summed E-state index contributed by atoms with van der Waals surface area (Å²) in [6, 6.07) is 18.6. The third-order valence-corrected chi connectivity index (χ3v) is 8.61. The molecule has 12 heteroatoms. The maximum atomic E-state index is 13.1. The van der Waals surface area contributed by atoms with Crippen LogP contribution in [-0.2, 0) is 20.0 Å². The minimum atomic E-state index is -3.96. The van der Waals surface area contributed by atoms with Crippen molar-refractivity contribution in [1.82, 2.24) is 9.97 Å². The van der Waals surface area contributed by atoms with Crippen molar-refractivity contribution in [2.75, 3.05) is 14.8 Å². The van der Waals surface area contributed by atoms with Crippen LogP contribution in [0.2, 0.25) is 0 Å². The van der Waals surface area contributed by atoms with E-state index in [1.165, 1.54) is 36.4 Å². The molecule has 3 aromatic carbocycles. The van der Waals surface area contributed by atoms with Gasteiger partial charge in [0.25, 0.3) is 26.0 Å². The summed E-state index contributed by atoms with van der Waals surface area (Å²) in [6.07, 6.45) is 0. The predicted octanol–water partition coefficient (Wildman–Crippen LogP) is 4.56. The largest absolute Gasteiger partial charge is 0.322 e. The molecule has 0 aliphatic rings. The van der Waals surface area contributed by atoms with E-state index in [0.717, 1.165) is 5.56 Å². The van der Waals surface area contributed by atoms with Crippen LogP contribution in [0, 0.1) is 27.7 Å². The van der Waals surface area contributed by atoms with E-state index in [-0.39, 0.29) is 21.3 Å². The average molecular weight is 566 g/mol. The summed E-state index contributed by atoms with van der Waals surface area (Å²) in [6.45, 7) is 6.90. The van der Waals surface area contributed by atoms with E-state index in [9.17, 15) is 21.6 Å². The molecular weight excluding hydrogens is 538 g/mol. The number of hydrogen-bond donors (Lipinski definition) is 3. The molecule has 0 saturated carbocycles. The molecule has 39 heavy (non-hydrogen) atoms. The van der Waals surface area contributed by atoms with Crippen LogP contribution in [0.5, 0.6) is 0 Å². The Morgan fingerprint density at radius 3 is 1.97 bits per heavy atom. The highest BCUT2D eigenvalue weighted by Crippen LogP contribution is 2.24. The van der Waals surface area contributed by atoms with E-state index < -0.39 is 26.0 Å². The fourth-order valence-corrected chi connectivity index (χ4v) is 6.14. The third-order valence-electron chi connectivity index (χ3n) is 5.76. The molecule has 0 aliphatic heterocycles. The third kappa shape index (κ3) is 6.59. The van der Waals surface area contributed by atoms with Crippen LogP contribution in [0.25, 0.3) is 0 Å². The summed E-state index contributed by atoms with van der Waals surface area (Å²) >= 11 is 0. The van der Waals surface area contributed by atoms with Gasteiger partial charge in [0, 0.05) is 22.6 Å². The highest BCUT2D eigenvalue weighted by Gasteiger charge is 2.21. The second-order valence-electron chi connectivity index (χ2n) is 8.96. The number of nitrogens with zero attached hydrogens (tertiary/aromatic N) is 2. The summed E-state index contributed by atoms with van der Waals surface area (Å²) in [4.78, 5) is 21.0. The number of nitrogens with one attached hydrogen (secondary N) is 3. The fourth-order valence-electron chi connectivity index (χ4n) is 3.79. The zero-order chi connectivity index (χ0) is 28.4. The Morgan fingerprint density at radius 2 is 1.33 bits per heavy atom. The van der Waals surface area contributed by atoms with E-state index in [4.69, 9.17) is 0 Å². The van der Waals surface area contributed by atoms with E-state index in [1.807, 2.05) is 0 Å². The van der Waals surface area contributed by atoms with Gasteiger partial charge in [-0.05, 0) is 87.4 Å². The van der Waals surface area contributed by atoms with Crippen molar-refractivity contribution < 1.29 is 21.6 Å². The van der Waals surface area contributed by atoms with E-state index in [2.05, 4.69) is 24.7 Å². The number of sulfonamides is 2. The first-order valence-electron chi connectivity index (χ1n) is 11.8. The van der Waals surface area contributed by atoms with Gasteiger partial charge >= 0.3 is 0 Å². The maximum absolute atomic E-state index is 13.1. The van der Waals surface area contributed by atoms with Crippen LogP contribution in [0.4, 0.5) is 17.3 Å². The first-order chi connectivity index (χ1) is 18.3. The van der Waals surface area contributed by atoms with Gasteiger partial charge in [-0.15, -0.1) is 0 Å². The molecule has 0 radical (unpaired) electrons. The molecule has 0 spiro atoms. The zero-order valence-electron chi connectivity index (χ0n) is 21.7. The molecule has 0 bridgehead atoms. The monoisotopic (exact) mass is 565 g/mol. The average Bonchev–Trinajstić information content (AvgIpc) is 2.85. The van der Waals surface area contributed by atoms with Crippen molar-refractivity contribution in [2.24, 2.45) is 0 Å². The molecule has 0 unspecified atom stereocenters. The molecule has 1 amide bonds. The molecule has 1 heterocycles. The fraction of sp³-hybridized carbons (Fsp3) is 0.148. The molecule has 1 aromatic heterocycles. The predicted molar refractivity (Wildman–Crippen MR) is 150 cm³/mol. The lowest BCUT2D eigenvalue weighted by atomic mass is 10.1. The van der Waals surface area contributed by atoms with Crippen molar-refractivity contribution in [1.29, 1.82) is 0 Å². The lowest BCUT2D eigenvalue weighted by Crippen LogP contribution is -2.18. The number of carbonyl (C=O) groups is 1. The smallest absolute Gasteiger partial charge is 0.264 e. The van der Waals surface area contributed by atoms with Gasteiger partial charge < -0.3 is 5.32 Å². The van der Waals surface area contributed by atoms with Gasteiger partial charge in [0.05, 0.1) is 15.5 Å². The first-order valence-corrected chi connectivity index (χ1v) is 14.8. The standard InChI is InChI=1S/C27H27N5O5S2/c1-17-7-5-6-8-24(17)31-39(36,37)25-16-21(10-9-18(25)2)26(33)30-22-11-13-23(14-12-22)38(34,35)32-27-28-19(3)15-20(4)29-27/h5-16,31H,1-4H3,(H,30,33)(H,28,29,32). The van der Waals surface area contributed by atoms with E-state index in [1.54, 1.807) is 64.1 Å². The molecule has 0 saturated heterocycles. The van der Waals surface area contributed by atoms with Gasteiger partial charge in [-0.25, -0.2) is 31.5 Å². The first kappa shape index (κ1) is 27.7. The molecule has 3 N–H and O–H groups in total. The Bertz CT molecular complexity index is 1750. The highest BCUT2D eigenvalue weighted by molar-refractivity contribution is 7.93. The van der Waals surface area contributed by atoms with Crippen LogP contribution >= 0.6 is 0 Å². The Morgan fingerprint density at radius 1 is 0.692 bits per heavy atom. The second kappa shape index (κ2) is 10.8. The van der Waals surface area contributed by atoms with Gasteiger partial charge in [-0.3, -0.25) is 9.52 Å². The number of hydrogen-bond acceptors (Lipinski definition) is 7. The molecule has 202 valence electrons. The summed E-state index contributed by atoms with van der Waals surface area (Å²) in [5.74, 6) is -0.591. The summed E-state index contributed by atoms with van der Waals surface area (Å²) in [5.41, 5.74) is 3.37. The van der Waals surface area contributed by atoms with E-state index in [0.29, 0.717) is 28.3 Å². The lowest BCUT2D eigenvalue weighted by molar-refractivity contribution is 0.102. The normalized spacial score (nSPS) is 11.6. The Labute approximate surface area is 227 Å². The summed E-state index contributed by atoms with van der Waals surface area (Å²) < 4.78 is 56.6. The summed E-state index contributed by atoms with van der Waals surface area (Å²) in [7, 11) is -7.92. The highest BCUT2D eigenvalue weighted by atomic mass is 32.2. The SMILES string of the molecule is Cc1cc(C)nc(NS(=O)(=O)c2ccc(NC(=O)c3ccc(C)c(S(=O)(=O)Nc4ccccc4C)c3)cc2)n1. The number of amides is 1. The van der Waals surface area contributed by atoms with Crippen molar-refractivity contribution in [3.63, 3.8) is 0 Å². The molecule has 4 aromatic rings. The molecule has 0 aliphatic carbocycles. The zero-order valence-corrected chi connectivity index (χ0v) is 23.3. The van der Waals surface area contributed by atoms with Gasteiger partial charge in [0.15, 0.2) is 0 Å². The van der Waals surface area contributed by atoms with Crippen molar-refractivity contribution in [3.05, 3.63) is 101 Å². The van der Waals surface area contributed by atoms with Crippen LogP contribution in [0.1, 0.15) is 32.9 Å². The topological polar surface area (TPSA) is 147 Å². The van der Waals surface area contributed by atoms with Gasteiger partial charge in [-0.1, -0.05) is 24.3 Å². The van der Waals surface area contributed by atoms with E-state index >= 15 is 0 Å². The number of benzene rings is 3. The quantitative estimate of drug-likeness (QED) is 0.284. The number of rotatable bonds is 8. The number of carbonyl (C=O) groups excluding carboxylic acids is 1. The Balaban J connectivity index is 1.51. The molecular formula is C27H27N5O5S2. The van der Waals surface area contributed by atoms with Crippen molar-refractivity contribution in [2.45, 2.75) is 37.5 Å². The van der Waals surface area contributed by atoms with Crippen LogP contribution in [0.15, 0.2) is 82.6 Å². The number of anilines is 3. The number of para-hydroxylation sites is 1. The molecule has 0 atom stereocenters. The molecule has 0 fully saturated rings. The van der Waals surface area contributed by atoms with Crippen molar-refractivity contribution in [3.8, 4) is 0 Å². The molecule has 10 nitrogen and oxygen atoms in total. The number of aromatic nitrogens is 2. The Hall–Kier alpha value is -4.29. The maximum Gasteiger partial charge on any atom is 0.264 e. The van der Waals surface area contributed by atoms with Gasteiger partial charge in [0.1, 0.15) is 0 Å². The minimum absolute atomic E-state index is 0.0282.